The fourth-order valence-corrected chi connectivity index (χ4v) is 2.93. The third-order valence-electron chi connectivity index (χ3n) is 4.32. The molecule has 0 spiro atoms. The number of rotatable bonds is 4. The number of nitrogens with one attached hydrogen (secondary N) is 1. The van der Waals surface area contributed by atoms with E-state index in [9.17, 15) is 9.18 Å². The van der Waals surface area contributed by atoms with Gasteiger partial charge in [-0.05, 0) is 49.2 Å². The second kappa shape index (κ2) is 6.25. The van der Waals surface area contributed by atoms with E-state index in [1.807, 2.05) is 25.1 Å². The summed E-state index contributed by atoms with van der Waals surface area (Å²) in [7, 11) is 0. The van der Waals surface area contributed by atoms with Gasteiger partial charge in [-0.15, -0.1) is 0 Å². The smallest absolute Gasteiger partial charge is 0.326 e. The Balaban J connectivity index is 1.73. The molecule has 2 heterocycles. The largest absolute Gasteiger partial charge is 0.334 e. The number of fused-ring (bicyclic) bond motifs is 1. The van der Waals surface area contributed by atoms with Crippen LogP contribution in [0.1, 0.15) is 18.9 Å². The van der Waals surface area contributed by atoms with Gasteiger partial charge in [0.2, 0.25) is 5.82 Å². The Morgan fingerprint density at radius 1 is 1.19 bits per heavy atom. The molecule has 4 rings (SSSR count). The quantitative estimate of drug-likeness (QED) is 0.604. The van der Waals surface area contributed by atoms with E-state index in [1.54, 1.807) is 23.6 Å². The highest BCUT2D eigenvalue weighted by Gasteiger charge is 2.14. The zero-order valence-corrected chi connectivity index (χ0v) is 14.4. The van der Waals surface area contributed by atoms with Crippen LogP contribution in [0.3, 0.4) is 0 Å². The van der Waals surface area contributed by atoms with Gasteiger partial charge in [0.1, 0.15) is 5.82 Å². The summed E-state index contributed by atoms with van der Waals surface area (Å²) in [4.78, 5) is 19.2. The molecule has 0 aliphatic heterocycles. The van der Waals surface area contributed by atoms with Crippen molar-refractivity contribution in [2.75, 3.05) is 0 Å². The SMILES string of the molecule is CCCn1c(=O)[nH]c2cc(-c3noc(-c4ccc(C)c(F)c4)n3)ccc21. The van der Waals surface area contributed by atoms with Crippen molar-refractivity contribution < 1.29 is 8.91 Å². The first-order chi connectivity index (χ1) is 12.6. The van der Waals surface area contributed by atoms with Crippen molar-refractivity contribution in [1.29, 1.82) is 0 Å². The molecule has 0 saturated carbocycles. The lowest BCUT2D eigenvalue weighted by atomic mass is 10.1. The van der Waals surface area contributed by atoms with Crippen molar-refractivity contribution in [3.8, 4) is 22.8 Å². The Labute approximate surface area is 148 Å². The van der Waals surface area contributed by atoms with E-state index in [-0.39, 0.29) is 17.4 Å². The number of aromatic amines is 1. The van der Waals surface area contributed by atoms with Gasteiger partial charge < -0.3 is 9.51 Å². The molecule has 0 amide bonds. The lowest BCUT2D eigenvalue weighted by molar-refractivity contribution is 0.432. The summed E-state index contributed by atoms with van der Waals surface area (Å²) in [6, 6.07) is 10.3. The molecule has 0 aliphatic rings. The van der Waals surface area contributed by atoms with E-state index in [2.05, 4.69) is 15.1 Å². The van der Waals surface area contributed by atoms with Crippen molar-refractivity contribution in [2.24, 2.45) is 0 Å². The fraction of sp³-hybridized carbons (Fsp3) is 0.211. The lowest BCUT2D eigenvalue weighted by Gasteiger charge is -2.00. The first-order valence-corrected chi connectivity index (χ1v) is 8.40. The maximum atomic E-state index is 13.7. The van der Waals surface area contributed by atoms with E-state index in [0.29, 0.717) is 34.6 Å². The monoisotopic (exact) mass is 352 g/mol. The molecule has 6 nitrogen and oxygen atoms in total. The van der Waals surface area contributed by atoms with E-state index in [1.165, 1.54) is 6.07 Å². The maximum absolute atomic E-state index is 13.7. The predicted molar refractivity (Wildman–Crippen MR) is 96.3 cm³/mol. The second-order valence-corrected chi connectivity index (χ2v) is 6.20. The number of imidazole rings is 1. The van der Waals surface area contributed by atoms with Crippen molar-refractivity contribution in [3.05, 3.63) is 58.3 Å². The highest BCUT2D eigenvalue weighted by Crippen LogP contribution is 2.25. The topological polar surface area (TPSA) is 76.7 Å². The van der Waals surface area contributed by atoms with Crippen molar-refractivity contribution in [3.63, 3.8) is 0 Å². The van der Waals surface area contributed by atoms with Crippen LogP contribution in [0.2, 0.25) is 0 Å². The third-order valence-corrected chi connectivity index (χ3v) is 4.32. The summed E-state index contributed by atoms with van der Waals surface area (Å²) in [6.45, 7) is 4.37. The average Bonchev–Trinajstić information content (AvgIpc) is 3.23. The van der Waals surface area contributed by atoms with Gasteiger partial charge in [-0.3, -0.25) is 4.57 Å². The maximum Gasteiger partial charge on any atom is 0.326 e. The van der Waals surface area contributed by atoms with Gasteiger partial charge in [0.05, 0.1) is 11.0 Å². The zero-order valence-electron chi connectivity index (χ0n) is 14.4. The molecule has 132 valence electrons. The molecule has 0 aliphatic carbocycles. The van der Waals surface area contributed by atoms with Gasteiger partial charge in [0, 0.05) is 17.7 Å². The van der Waals surface area contributed by atoms with Crippen LogP contribution in [0.5, 0.6) is 0 Å². The van der Waals surface area contributed by atoms with E-state index in [0.717, 1.165) is 11.9 Å². The molecule has 0 radical (unpaired) electrons. The van der Waals surface area contributed by atoms with Gasteiger partial charge in [-0.25, -0.2) is 9.18 Å². The summed E-state index contributed by atoms with van der Waals surface area (Å²) in [5.74, 6) is 0.307. The van der Waals surface area contributed by atoms with Gasteiger partial charge >= 0.3 is 5.69 Å². The summed E-state index contributed by atoms with van der Waals surface area (Å²) >= 11 is 0. The van der Waals surface area contributed by atoms with Crippen molar-refractivity contribution in [2.45, 2.75) is 26.8 Å². The average molecular weight is 352 g/mol. The number of aryl methyl sites for hydroxylation is 2. The number of aromatic nitrogens is 4. The van der Waals surface area contributed by atoms with Gasteiger partial charge in [0.15, 0.2) is 0 Å². The minimum Gasteiger partial charge on any atom is -0.334 e. The molecule has 0 saturated heterocycles. The predicted octanol–water partition coefficient (Wildman–Crippen LogP) is 3.90. The Kier molecular flexibility index (Phi) is 3.91. The van der Waals surface area contributed by atoms with Crippen LogP contribution in [0.15, 0.2) is 45.7 Å². The number of hydrogen-bond acceptors (Lipinski definition) is 4. The molecule has 2 aromatic heterocycles. The van der Waals surface area contributed by atoms with Crippen LogP contribution in [0.4, 0.5) is 4.39 Å². The summed E-state index contributed by atoms with van der Waals surface area (Å²) < 4.78 is 20.7. The normalized spacial score (nSPS) is 11.3. The molecule has 1 N–H and O–H groups in total. The highest BCUT2D eigenvalue weighted by atomic mass is 19.1. The Morgan fingerprint density at radius 3 is 2.77 bits per heavy atom. The Bertz CT molecular complexity index is 1160. The number of halogens is 1. The van der Waals surface area contributed by atoms with Crippen LogP contribution in [-0.2, 0) is 6.54 Å². The molecule has 0 fully saturated rings. The minimum absolute atomic E-state index is 0.136. The lowest BCUT2D eigenvalue weighted by Crippen LogP contribution is -2.16. The Morgan fingerprint density at radius 2 is 2.00 bits per heavy atom. The molecule has 26 heavy (non-hydrogen) atoms. The number of hydrogen-bond donors (Lipinski definition) is 1. The molecule has 0 bridgehead atoms. The highest BCUT2D eigenvalue weighted by molar-refractivity contribution is 5.80. The second-order valence-electron chi connectivity index (χ2n) is 6.20. The minimum atomic E-state index is -0.321. The van der Waals surface area contributed by atoms with Crippen LogP contribution >= 0.6 is 0 Å². The standard InChI is InChI=1S/C19H17FN4O2/c1-3-8-24-16-7-6-12(10-15(16)21-19(24)25)17-22-18(26-23-17)13-5-4-11(2)14(20)9-13/h4-7,9-10H,3,8H2,1-2H3,(H,21,25). The van der Waals surface area contributed by atoms with Crippen LogP contribution < -0.4 is 5.69 Å². The molecule has 0 unspecified atom stereocenters. The summed E-state index contributed by atoms with van der Waals surface area (Å²) in [5.41, 5.74) is 3.21. The molecule has 7 heteroatoms. The molecular formula is C19H17FN4O2. The van der Waals surface area contributed by atoms with E-state index in [4.69, 9.17) is 4.52 Å². The Hall–Kier alpha value is -3.22. The summed E-state index contributed by atoms with van der Waals surface area (Å²) in [5, 5.41) is 3.98. The van der Waals surface area contributed by atoms with Gasteiger partial charge in [-0.1, -0.05) is 18.1 Å². The fourth-order valence-electron chi connectivity index (χ4n) is 2.93. The van der Waals surface area contributed by atoms with Crippen LogP contribution in [0, 0.1) is 12.7 Å². The number of benzene rings is 2. The van der Waals surface area contributed by atoms with Gasteiger partial charge in [-0.2, -0.15) is 4.98 Å². The van der Waals surface area contributed by atoms with Crippen molar-refractivity contribution >= 4 is 11.0 Å². The van der Waals surface area contributed by atoms with Crippen LogP contribution in [0.25, 0.3) is 33.9 Å². The molecular weight excluding hydrogens is 335 g/mol. The first kappa shape index (κ1) is 16.3. The first-order valence-electron chi connectivity index (χ1n) is 8.40. The van der Waals surface area contributed by atoms with Gasteiger partial charge in [0.25, 0.3) is 5.89 Å². The van der Waals surface area contributed by atoms with E-state index < -0.39 is 0 Å². The molecule has 2 aromatic carbocycles. The molecule has 4 aromatic rings. The van der Waals surface area contributed by atoms with E-state index >= 15 is 0 Å². The number of H-pyrrole nitrogens is 1. The summed E-state index contributed by atoms with van der Waals surface area (Å²) in [6.07, 6.45) is 0.871. The zero-order chi connectivity index (χ0) is 18.3. The molecule has 0 atom stereocenters. The van der Waals surface area contributed by atoms with Crippen LogP contribution in [-0.4, -0.2) is 19.7 Å². The van der Waals surface area contributed by atoms with Crippen molar-refractivity contribution in [1.82, 2.24) is 19.7 Å². The number of nitrogens with zero attached hydrogens (tertiary/aromatic N) is 3. The third kappa shape index (κ3) is 2.71.